The summed E-state index contributed by atoms with van der Waals surface area (Å²) in [6.45, 7) is 5.45. The molecule has 2 rings (SSSR count). The number of hydrogen-bond donors (Lipinski definition) is 3. The van der Waals surface area contributed by atoms with Crippen molar-refractivity contribution in [2.75, 3.05) is 5.73 Å². The predicted molar refractivity (Wildman–Crippen MR) is 74.5 cm³/mol. The Kier molecular flexibility index (Phi) is 2.93. The monoisotopic (exact) mass is 242 g/mol. The first-order valence-corrected chi connectivity index (χ1v) is 5.48. The Morgan fingerprint density at radius 2 is 2.17 bits per heavy atom. The van der Waals surface area contributed by atoms with Crippen molar-refractivity contribution in [3.8, 4) is 5.75 Å². The van der Waals surface area contributed by atoms with Gasteiger partial charge in [0.1, 0.15) is 5.75 Å². The molecule has 0 bridgehead atoms. The number of benzene rings is 1. The van der Waals surface area contributed by atoms with Gasteiger partial charge in [0.15, 0.2) is 0 Å². The van der Waals surface area contributed by atoms with Gasteiger partial charge in [0.2, 0.25) is 0 Å². The Balaban J connectivity index is 2.85. The third-order valence-corrected chi connectivity index (χ3v) is 2.81. The first-order chi connectivity index (χ1) is 8.54. The first-order valence-electron chi connectivity index (χ1n) is 5.48. The fraction of sp³-hybridized carbons (Fsp3) is 0.0714. The molecule has 0 fully saturated rings. The summed E-state index contributed by atoms with van der Waals surface area (Å²) < 4.78 is 0. The molecule has 4 nitrogen and oxygen atoms in total. The molecule has 2 aromatic rings. The predicted octanol–water partition coefficient (Wildman–Crippen LogP) is 2.41. The van der Waals surface area contributed by atoms with Crippen LogP contribution in [-0.2, 0) is 0 Å². The highest BCUT2D eigenvalue weighted by molar-refractivity contribution is 5.97. The van der Waals surface area contributed by atoms with Gasteiger partial charge < -0.3 is 15.8 Å². The fourth-order valence-electron chi connectivity index (χ4n) is 1.91. The zero-order valence-corrected chi connectivity index (χ0v) is 10.0. The van der Waals surface area contributed by atoms with Gasteiger partial charge in [0.25, 0.3) is 5.56 Å². The number of anilines is 1. The van der Waals surface area contributed by atoms with Gasteiger partial charge in [-0.2, -0.15) is 0 Å². The van der Waals surface area contributed by atoms with Gasteiger partial charge in [0.05, 0.1) is 16.8 Å². The van der Waals surface area contributed by atoms with E-state index in [0.717, 1.165) is 5.57 Å². The molecule has 0 unspecified atom stereocenters. The normalized spacial score (nSPS) is 11.7. The van der Waals surface area contributed by atoms with E-state index in [1.807, 2.05) is 6.92 Å². The standard InChI is InChI=1S/C14H14N2O2/c1-3-4-8(2)13-12(15)10-6-5-9(17)7-11(10)14(18)16-13/h3-7,17H,1,15H2,2H3,(H,16,18). The number of nitrogen functional groups attached to an aromatic ring is 1. The smallest absolute Gasteiger partial charge is 0.256 e. The van der Waals surface area contributed by atoms with Gasteiger partial charge in [-0.25, -0.2) is 0 Å². The van der Waals surface area contributed by atoms with E-state index in [1.165, 1.54) is 12.1 Å². The summed E-state index contributed by atoms with van der Waals surface area (Å²) in [7, 11) is 0. The van der Waals surface area contributed by atoms with Crippen LogP contribution in [0.4, 0.5) is 5.69 Å². The molecule has 0 radical (unpaired) electrons. The number of allylic oxidation sites excluding steroid dienone is 3. The Bertz CT molecular complexity index is 712. The van der Waals surface area contributed by atoms with Gasteiger partial charge in [-0.05, 0) is 30.7 Å². The maximum absolute atomic E-state index is 11.9. The van der Waals surface area contributed by atoms with Gasteiger partial charge in [-0.1, -0.05) is 18.7 Å². The van der Waals surface area contributed by atoms with Crippen molar-refractivity contribution in [1.82, 2.24) is 4.98 Å². The van der Waals surface area contributed by atoms with Gasteiger partial charge in [-0.3, -0.25) is 4.79 Å². The summed E-state index contributed by atoms with van der Waals surface area (Å²) in [6.07, 6.45) is 3.40. The highest BCUT2D eigenvalue weighted by Crippen LogP contribution is 2.27. The molecule has 0 aliphatic carbocycles. The molecule has 0 aliphatic rings. The highest BCUT2D eigenvalue weighted by atomic mass is 16.3. The van der Waals surface area contributed by atoms with E-state index in [2.05, 4.69) is 11.6 Å². The molecule has 0 spiro atoms. The number of hydrogen-bond acceptors (Lipinski definition) is 3. The Hall–Kier alpha value is -2.49. The minimum absolute atomic E-state index is 0.0403. The molecule has 1 aromatic carbocycles. The fourth-order valence-corrected chi connectivity index (χ4v) is 1.91. The largest absolute Gasteiger partial charge is 0.508 e. The second-order valence-corrected chi connectivity index (χ2v) is 4.06. The first kappa shape index (κ1) is 12.0. The molecule has 1 aromatic heterocycles. The number of H-pyrrole nitrogens is 1. The van der Waals surface area contributed by atoms with Crippen LogP contribution in [0.5, 0.6) is 5.75 Å². The zero-order valence-electron chi connectivity index (χ0n) is 10.0. The van der Waals surface area contributed by atoms with Crippen molar-refractivity contribution in [1.29, 1.82) is 0 Å². The zero-order chi connectivity index (χ0) is 13.3. The summed E-state index contributed by atoms with van der Waals surface area (Å²) in [5.74, 6) is 0.0403. The molecule has 0 aliphatic heterocycles. The van der Waals surface area contributed by atoms with Crippen molar-refractivity contribution in [2.24, 2.45) is 0 Å². The second-order valence-electron chi connectivity index (χ2n) is 4.06. The maximum Gasteiger partial charge on any atom is 0.256 e. The van der Waals surface area contributed by atoms with Crippen LogP contribution in [0, 0.1) is 0 Å². The van der Waals surface area contributed by atoms with Crippen molar-refractivity contribution < 1.29 is 5.11 Å². The Morgan fingerprint density at radius 3 is 2.83 bits per heavy atom. The minimum Gasteiger partial charge on any atom is -0.508 e. The van der Waals surface area contributed by atoms with Crippen molar-refractivity contribution in [3.63, 3.8) is 0 Å². The van der Waals surface area contributed by atoms with E-state index >= 15 is 0 Å². The molecular formula is C14H14N2O2. The van der Waals surface area contributed by atoms with Gasteiger partial charge in [0, 0.05) is 5.39 Å². The summed E-state index contributed by atoms with van der Waals surface area (Å²) in [5.41, 5.74) is 7.66. The summed E-state index contributed by atoms with van der Waals surface area (Å²) in [4.78, 5) is 14.7. The number of nitrogens with two attached hydrogens (primary N) is 1. The lowest BCUT2D eigenvalue weighted by atomic mass is 10.1. The van der Waals surface area contributed by atoms with Crippen LogP contribution < -0.4 is 11.3 Å². The summed E-state index contributed by atoms with van der Waals surface area (Å²) in [5, 5.41) is 10.4. The third kappa shape index (κ3) is 1.88. The number of aromatic nitrogens is 1. The van der Waals surface area contributed by atoms with Crippen molar-refractivity contribution in [3.05, 3.63) is 53.0 Å². The number of aromatic amines is 1. The molecule has 0 saturated heterocycles. The minimum atomic E-state index is -0.276. The number of phenols is 1. The number of pyridine rings is 1. The SMILES string of the molecule is C=CC=C(C)c1[nH]c(=O)c2cc(O)ccc2c1N. The van der Waals surface area contributed by atoms with E-state index in [1.54, 1.807) is 18.2 Å². The van der Waals surface area contributed by atoms with Crippen LogP contribution in [-0.4, -0.2) is 10.1 Å². The molecule has 0 amide bonds. The average molecular weight is 242 g/mol. The molecule has 18 heavy (non-hydrogen) atoms. The number of rotatable bonds is 2. The van der Waals surface area contributed by atoms with Crippen LogP contribution in [0.15, 0.2) is 41.7 Å². The summed E-state index contributed by atoms with van der Waals surface area (Å²) in [6, 6.07) is 4.55. The van der Waals surface area contributed by atoms with E-state index in [4.69, 9.17) is 5.73 Å². The van der Waals surface area contributed by atoms with E-state index in [9.17, 15) is 9.90 Å². The number of phenolic OH excluding ortho intramolecular Hbond substituents is 1. The Morgan fingerprint density at radius 1 is 1.44 bits per heavy atom. The second kappa shape index (κ2) is 4.41. The molecular weight excluding hydrogens is 228 g/mol. The van der Waals surface area contributed by atoms with Crippen LogP contribution in [0.1, 0.15) is 12.6 Å². The molecule has 1 heterocycles. The topological polar surface area (TPSA) is 79.1 Å². The van der Waals surface area contributed by atoms with E-state index in [-0.39, 0.29) is 11.3 Å². The van der Waals surface area contributed by atoms with Gasteiger partial charge >= 0.3 is 0 Å². The molecule has 4 heteroatoms. The number of fused-ring (bicyclic) bond motifs is 1. The van der Waals surface area contributed by atoms with Gasteiger partial charge in [-0.15, -0.1) is 0 Å². The van der Waals surface area contributed by atoms with Crippen LogP contribution in [0.2, 0.25) is 0 Å². The highest BCUT2D eigenvalue weighted by Gasteiger charge is 2.10. The number of aromatic hydroxyl groups is 1. The van der Waals surface area contributed by atoms with Crippen LogP contribution in [0.25, 0.3) is 16.3 Å². The van der Waals surface area contributed by atoms with Crippen LogP contribution in [0.3, 0.4) is 0 Å². The lowest BCUT2D eigenvalue weighted by Crippen LogP contribution is -2.11. The molecule has 92 valence electrons. The lowest BCUT2D eigenvalue weighted by Gasteiger charge is -2.09. The third-order valence-electron chi connectivity index (χ3n) is 2.81. The quantitative estimate of drug-likeness (QED) is 0.707. The summed E-state index contributed by atoms with van der Waals surface area (Å²) >= 11 is 0. The van der Waals surface area contributed by atoms with Crippen molar-refractivity contribution >= 4 is 22.0 Å². The average Bonchev–Trinajstić information content (AvgIpc) is 2.34. The molecule has 0 atom stereocenters. The van der Waals surface area contributed by atoms with Crippen molar-refractivity contribution in [2.45, 2.75) is 6.92 Å². The van der Waals surface area contributed by atoms with E-state index < -0.39 is 0 Å². The maximum atomic E-state index is 11.9. The van der Waals surface area contributed by atoms with E-state index in [0.29, 0.717) is 22.2 Å². The van der Waals surface area contributed by atoms with Crippen LogP contribution >= 0.6 is 0 Å². The molecule has 4 N–H and O–H groups in total. The number of nitrogens with one attached hydrogen (secondary N) is 1. The molecule has 0 saturated carbocycles. The lowest BCUT2D eigenvalue weighted by molar-refractivity contribution is 0.476. The Labute approximate surface area is 104 Å².